The summed E-state index contributed by atoms with van der Waals surface area (Å²) >= 11 is 1.14. The molecule has 2 aromatic rings. The summed E-state index contributed by atoms with van der Waals surface area (Å²) in [5.74, 6) is 0.988. The highest BCUT2D eigenvalue weighted by Crippen LogP contribution is 2.27. The fourth-order valence-corrected chi connectivity index (χ4v) is 3.92. The molecule has 0 saturated carbocycles. The molecule has 0 aromatic carbocycles. The predicted molar refractivity (Wildman–Crippen MR) is 96.6 cm³/mol. The van der Waals surface area contributed by atoms with E-state index in [0.717, 1.165) is 30.2 Å². The summed E-state index contributed by atoms with van der Waals surface area (Å²) in [6, 6.07) is 0. The van der Waals surface area contributed by atoms with Gasteiger partial charge in [-0.1, -0.05) is 4.49 Å². The van der Waals surface area contributed by atoms with E-state index in [-0.39, 0.29) is 17.5 Å². The quantitative estimate of drug-likeness (QED) is 0.739. The first kappa shape index (κ1) is 18.7. The van der Waals surface area contributed by atoms with Crippen LogP contribution in [-0.2, 0) is 17.8 Å². The van der Waals surface area contributed by atoms with Gasteiger partial charge in [-0.05, 0) is 38.2 Å². The highest BCUT2D eigenvalue weighted by Gasteiger charge is 2.30. The molecule has 10 heteroatoms. The molecule has 0 unspecified atom stereocenters. The normalized spacial score (nSPS) is 15.6. The highest BCUT2D eigenvalue weighted by molar-refractivity contribution is 7.07. The average Bonchev–Trinajstić information content (AvgIpc) is 3.22. The van der Waals surface area contributed by atoms with Crippen LogP contribution in [0, 0.1) is 6.92 Å². The molecule has 3 rings (SSSR count). The first-order valence-electron chi connectivity index (χ1n) is 8.81. The number of piperidine rings is 1. The topological polar surface area (TPSA) is 95.1 Å². The Balaban J connectivity index is 1.71. The molecule has 0 spiro atoms. The van der Waals surface area contributed by atoms with Crippen LogP contribution < -0.4 is 5.69 Å². The second kappa shape index (κ2) is 8.09. The van der Waals surface area contributed by atoms with Gasteiger partial charge in [0, 0.05) is 32.7 Å². The number of methoxy groups -OCH3 is 1. The van der Waals surface area contributed by atoms with Crippen LogP contribution in [0.15, 0.2) is 4.79 Å². The first-order chi connectivity index (χ1) is 12.6. The third kappa shape index (κ3) is 3.56. The lowest BCUT2D eigenvalue weighted by Gasteiger charge is -2.31. The van der Waals surface area contributed by atoms with Gasteiger partial charge < -0.3 is 9.64 Å². The van der Waals surface area contributed by atoms with Crippen LogP contribution in [0.3, 0.4) is 0 Å². The van der Waals surface area contributed by atoms with Gasteiger partial charge in [0.25, 0.3) is 5.91 Å². The summed E-state index contributed by atoms with van der Waals surface area (Å²) in [6.07, 6.45) is 1.58. The summed E-state index contributed by atoms with van der Waals surface area (Å²) in [5, 5.41) is 8.46. The summed E-state index contributed by atoms with van der Waals surface area (Å²) < 4.78 is 12.1. The lowest BCUT2D eigenvalue weighted by atomic mass is 9.95. The van der Waals surface area contributed by atoms with Crippen LogP contribution in [0.25, 0.3) is 0 Å². The Hall–Kier alpha value is -2.07. The highest BCUT2D eigenvalue weighted by atomic mass is 32.1. The molecule has 26 heavy (non-hydrogen) atoms. The van der Waals surface area contributed by atoms with Crippen LogP contribution in [0.1, 0.15) is 46.9 Å². The number of hydrogen-bond donors (Lipinski definition) is 0. The van der Waals surface area contributed by atoms with Crippen molar-refractivity contribution in [1.82, 2.24) is 28.8 Å². The van der Waals surface area contributed by atoms with E-state index in [2.05, 4.69) is 14.7 Å². The molecule has 1 aliphatic heterocycles. The molecular formula is C16H24N6O3S. The minimum absolute atomic E-state index is 0.00513. The molecule has 9 nitrogen and oxygen atoms in total. The van der Waals surface area contributed by atoms with Gasteiger partial charge in [0.1, 0.15) is 10.7 Å². The Bertz CT molecular complexity index is 818. The van der Waals surface area contributed by atoms with Gasteiger partial charge in [0.2, 0.25) is 0 Å². The van der Waals surface area contributed by atoms with Gasteiger partial charge >= 0.3 is 5.69 Å². The molecule has 1 amide bonds. The average molecular weight is 380 g/mol. The van der Waals surface area contributed by atoms with Gasteiger partial charge in [-0.25, -0.2) is 9.48 Å². The maximum absolute atomic E-state index is 12.6. The van der Waals surface area contributed by atoms with Crippen LogP contribution in [0.2, 0.25) is 0 Å². The number of carbonyl (C=O) groups is 1. The number of ether oxygens (including phenoxy) is 1. The Morgan fingerprint density at radius 3 is 2.65 bits per heavy atom. The molecule has 0 radical (unpaired) electrons. The van der Waals surface area contributed by atoms with Crippen molar-refractivity contribution in [2.24, 2.45) is 0 Å². The van der Waals surface area contributed by atoms with E-state index in [9.17, 15) is 9.59 Å². The van der Waals surface area contributed by atoms with Crippen LogP contribution in [-0.4, -0.2) is 61.5 Å². The zero-order chi connectivity index (χ0) is 18.7. The van der Waals surface area contributed by atoms with E-state index in [0.29, 0.717) is 43.4 Å². The van der Waals surface area contributed by atoms with Crippen LogP contribution >= 0.6 is 11.5 Å². The molecule has 0 N–H and O–H groups in total. The summed E-state index contributed by atoms with van der Waals surface area (Å²) in [6.45, 7) is 6.53. The Morgan fingerprint density at radius 1 is 1.35 bits per heavy atom. The number of nitrogens with zero attached hydrogens (tertiary/aromatic N) is 6. The fourth-order valence-electron chi connectivity index (χ4n) is 3.29. The molecule has 3 heterocycles. The van der Waals surface area contributed by atoms with Gasteiger partial charge in [-0.15, -0.1) is 5.10 Å². The fraction of sp³-hybridized carbons (Fsp3) is 0.688. The predicted octanol–water partition coefficient (Wildman–Crippen LogP) is 0.891. The number of aromatic nitrogens is 5. The molecule has 0 aliphatic carbocycles. The zero-order valence-electron chi connectivity index (χ0n) is 15.3. The van der Waals surface area contributed by atoms with Crippen molar-refractivity contribution in [3.8, 4) is 0 Å². The van der Waals surface area contributed by atoms with Crippen LogP contribution in [0.5, 0.6) is 0 Å². The summed E-state index contributed by atoms with van der Waals surface area (Å²) in [7, 11) is 1.61. The van der Waals surface area contributed by atoms with Gasteiger partial charge in [-0.2, -0.15) is 5.10 Å². The molecule has 1 saturated heterocycles. The number of aryl methyl sites for hydroxylation is 1. The summed E-state index contributed by atoms with van der Waals surface area (Å²) in [5.41, 5.74) is 0.586. The Labute approximate surface area is 155 Å². The molecule has 0 atom stereocenters. The van der Waals surface area contributed by atoms with Crippen molar-refractivity contribution in [3.05, 3.63) is 26.9 Å². The molecule has 1 aliphatic rings. The zero-order valence-corrected chi connectivity index (χ0v) is 16.2. The molecule has 2 aromatic heterocycles. The standard InChI is InChI=1S/C16H24N6O3S/c1-4-21-14(18-22(16(21)24)9-10-25-3)12-5-7-20(8-6-12)15(23)13-11(2)17-19-26-13/h12H,4-10H2,1-3H3. The Morgan fingerprint density at radius 2 is 2.08 bits per heavy atom. The molecule has 1 fully saturated rings. The SMILES string of the molecule is CCn1c(C2CCN(C(=O)c3snnc3C)CC2)nn(CCOC)c1=O. The molecule has 142 valence electrons. The number of rotatable bonds is 6. The number of likely N-dealkylation sites (tertiary alicyclic amines) is 1. The maximum Gasteiger partial charge on any atom is 0.345 e. The van der Waals surface area contributed by atoms with Crippen molar-refractivity contribution >= 4 is 17.4 Å². The Kier molecular flexibility index (Phi) is 5.82. The van der Waals surface area contributed by atoms with Crippen molar-refractivity contribution in [3.63, 3.8) is 0 Å². The van der Waals surface area contributed by atoms with Crippen molar-refractivity contribution in [2.45, 2.75) is 45.7 Å². The van der Waals surface area contributed by atoms with Crippen molar-refractivity contribution in [2.75, 3.05) is 26.8 Å². The largest absolute Gasteiger partial charge is 0.383 e. The first-order valence-corrected chi connectivity index (χ1v) is 9.58. The van der Waals surface area contributed by atoms with E-state index < -0.39 is 0 Å². The second-order valence-electron chi connectivity index (χ2n) is 6.35. The molecular weight excluding hydrogens is 356 g/mol. The third-order valence-electron chi connectivity index (χ3n) is 4.77. The number of amides is 1. The molecule has 0 bridgehead atoms. The lowest BCUT2D eigenvalue weighted by molar-refractivity contribution is 0.0714. The second-order valence-corrected chi connectivity index (χ2v) is 7.11. The van der Waals surface area contributed by atoms with E-state index in [1.165, 1.54) is 4.68 Å². The van der Waals surface area contributed by atoms with Gasteiger partial charge in [-0.3, -0.25) is 9.36 Å². The van der Waals surface area contributed by atoms with E-state index >= 15 is 0 Å². The maximum atomic E-state index is 12.6. The van der Waals surface area contributed by atoms with Gasteiger partial charge in [0.15, 0.2) is 0 Å². The smallest absolute Gasteiger partial charge is 0.345 e. The van der Waals surface area contributed by atoms with Gasteiger partial charge in [0.05, 0.1) is 18.8 Å². The van der Waals surface area contributed by atoms with Crippen LogP contribution in [0.4, 0.5) is 0 Å². The number of carbonyl (C=O) groups excluding carboxylic acids is 1. The lowest BCUT2D eigenvalue weighted by Crippen LogP contribution is -2.38. The minimum Gasteiger partial charge on any atom is -0.383 e. The van der Waals surface area contributed by atoms with E-state index in [1.54, 1.807) is 18.6 Å². The third-order valence-corrected chi connectivity index (χ3v) is 5.58. The van der Waals surface area contributed by atoms with Crippen molar-refractivity contribution in [1.29, 1.82) is 0 Å². The monoisotopic (exact) mass is 380 g/mol. The summed E-state index contributed by atoms with van der Waals surface area (Å²) in [4.78, 5) is 27.5. The van der Waals surface area contributed by atoms with E-state index in [1.807, 2.05) is 11.8 Å². The van der Waals surface area contributed by atoms with E-state index in [4.69, 9.17) is 4.74 Å². The van der Waals surface area contributed by atoms with Crippen molar-refractivity contribution < 1.29 is 9.53 Å². The number of hydrogen-bond acceptors (Lipinski definition) is 7. The minimum atomic E-state index is -0.0931.